The number of para-hydroxylation sites is 2. The van der Waals surface area contributed by atoms with Crippen molar-refractivity contribution in [1.29, 1.82) is 0 Å². The van der Waals surface area contributed by atoms with Crippen LogP contribution in [0.5, 0.6) is 5.75 Å². The summed E-state index contributed by atoms with van der Waals surface area (Å²) < 4.78 is 7.40. The Morgan fingerprint density at radius 3 is 2.65 bits per heavy atom. The van der Waals surface area contributed by atoms with E-state index >= 15 is 0 Å². The van der Waals surface area contributed by atoms with Gasteiger partial charge in [0.15, 0.2) is 0 Å². The van der Waals surface area contributed by atoms with Crippen molar-refractivity contribution in [3.63, 3.8) is 0 Å². The van der Waals surface area contributed by atoms with E-state index in [2.05, 4.69) is 22.9 Å². The van der Waals surface area contributed by atoms with Gasteiger partial charge in [-0.3, -0.25) is 4.79 Å². The van der Waals surface area contributed by atoms with Gasteiger partial charge in [0.2, 0.25) is 0 Å². The standard InChI is InChI=1S/C21H25N3O2/c1-3-4-15-24-19-8-6-5-7-18(19)23-20(24)13-14-22-21(25)16-9-11-17(26-2)12-10-16/h5-12H,3-4,13-15H2,1-2H3,(H,22,25). The van der Waals surface area contributed by atoms with E-state index in [1.165, 1.54) is 0 Å². The molecule has 0 aliphatic heterocycles. The van der Waals surface area contributed by atoms with E-state index in [0.29, 0.717) is 18.5 Å². The van der Waals surface area contributed by atoms with Crippen molar-refractivity contribution in [2.24, 2.45) is 0 Å². The highest BCUT2D eigenvalue weighted by Crippen LogP contribution is 2.17. The lowest BCUT2D eigenvalue weighted by molar-refractivity contribution is 0.0954. The van der Waals surface area contributed by atoms with E-state index in [1.807, 2.05) is 18.2 Å². The van der Waals surface area contributed by atoms with Crippen molar-refractivity contribution in [2.75, 3.05) is 13.7 Å². The van der Waals surface area contributed by atoms with Gasteiger partial charge in [0.1, 0.15) is 11.6 Å². The molecule has 0 bridgehead atoms. The smallest absolute Gasteiger partial charge is 0.251 e. The highest BCUT2D eigenvalue weighted by molar-refractivity contribution is 5.94. The third-order valence-electron chi connectivity index (χ3n) is 4.46. The monoisotopic (exact) mass is 351 g/mol. The van der Waals surface area contributed by atoms with Gasteiger partial charge in [-0.15, -0.1) is 0 Å². The number of rotatable bonds is 8. The molecule has 0 aliphatic carbocycles. The number of fused-ring (bicyclic) bond motifs is 1. The summed E-state index contributed by atoms with van der Waals surface area (Å²) in [4.78, 5) is 17.0. The summed E-state index contributed by atoms with van der Waals surface area (Å²) in [6, 6.07) is 15.3. The van der Waals surface area contributed by atoms with Crippen LogP contribution < -0.4 is 10.1 Å². The molecule has 5 heteroatoms. The van der Waals surface area contributed by atoms with Gasteiger partial charge >= 0.3 is 0 Å². The Labute approximate surface area is 154 Å². The summed E-state index contributed by atoms with van der Waals surface area (Å²) in [7, 11) is 1.61. The van der Waals surface area contributed by atoms with Crippen LogP contribution in [0.25, 0.3) is 11.0 Å². The van der Waals surface area contributed by atoms with Gasteiger partial charge in [-0.25, -0.2) is 4.98 Å². The van der Waals surface area contributed by atoms with Crippen LogP contribution in [0.2, 0.25) is 0 Å². The molecule has 0 saturated heterocycles. The van der Waals surface area contributed by atoms with Crippen LogP contribution in [-0.2, 0) is 13.0 Å². The quantitative estimate of drug-likeness (QED) is 0.671. The molecule has 0 fully saturated rings. The molecule has 136 valence electrons. The van der Waals surface area contributed by atoms with E-state index < -0.39 is 0 Å². The number of carbonyl (C=O) groups excluding carboxylic acids is 1. The van der Waals surface area contributed by atoms with Crippen molar-refractivity contribution < 1.29 is 9.53 Å². The Bertz CT molecular complexity index is 869. The number of benzene rings is 2. The van der Waals surface area contributed by atoms with Crippen LogP contribution in [0, 0.1) is 0 Å². The van der Waals surface area contributed by atoms with Crippen molar-refractivity contribution in [3.05, 3.63) is 59.9 Å². The number of unbranched alkanes of at least 4 members (excludes halogenated alkanes) is 1. The van der Waals surface area contributed by atoms with Gasteiger partial charge in [-0.2, -0.15) is 0 Å². The zero-order valence-electron chi connectivity index (χ0n) is 15.4. The van der Waals surface area contributed by atoms with Crippen molar-refractivity contribution in [3.8, 4) is 5.75 Å². The SMILES string of the molecule is CCCCn1c(CCNC(=O)c2ccc(OC)cc2)nc2ccccc21. The van der Waals surface area contributed by atoms with Gasteiger partial charge in [0.05, 0.1) is 18.1 Å². The number of nitrogens with one attached hydrogen (secondary N) is 1. The Balaban J connectivity index is 1.66. The number of carbonyl (C=O) groups is 1. The summed E-state index contributed by atoms with van der Waals surface area (Å²) in [5.41, 5.74) is 2.81. The first-order valence-electron chi connectivity index (χ1n) is 9.09. The average molecular weight is 351 g/mol. The molecular weight excluding hydrogens is 326 g/mol. The molecule has 1 amide bonds. The molecule has 5 nitrogen and oxygen atoms in total. The van der Waals surface area contributed by atoms with Crippen LogP contribution in [0.4, 0.5) is 0 Å². The first kappa shape index (κ1) is 18.0. The van der Waals surface area contributed by atoms with Gasteiger partial charge in [-0.05, 0) is 42.8 Å². The topological polar surface area (TPSA) is 56.2 Å². The number of ether oxygens (including phenoxy) is 1. The van der Waals surface area contributed by atoms with Crippen molar-refractivity contribution in [2.45, 2.75) is 32.7 Å². The van der Waals surface area contributed by atoms with Crippen LogP contribution >= 0.6 is 0 Å². The minimum absolute atomic E-state index is 0.0797. The molecule has 1 N–H and O–H groups in total. The van der Waals surface area contributed by atoms with Crippen LogP contribution in [0.3, 0.4) is 0 Å². The van der Waals surface area contributed by atoms with E-state index in [1.54, 1.807) is 31.4 Å². The number of imidazole rings is 1. The summed E-state index contributed by atoms with van der Waals surface area (Å²) in [5.74, 6) is 1.68. The normalized spacial score (nSPS) is 10.8. The number of hydrogen-bond acceptors (Lipinski definition) is 3. The Kier molecular flexibility index (Phi) is 5.89. The molecule has 1 aromatic heterocycles. The third-order valence-corrected chi connectivity index (χ3v) is 4.46. The first-order valence-corrected chi connectivity index (χ1v) is 9.09. The number of aromatic nitrogens is 2. The lowest BCUT2D eigenvalue weighted by atomic mass is 10.2. The van der Waals surface area contributed by atoms with Crippen LogP contribution in [0.1, 0.15) is 35.9 Å². The van der Waals surface area contributed by atoms with E-state index in [0.717, 1.165) is 42.0 Å². The van der Waals surface area contributed by atoms with Gasteiger partial charge < -0.3 is 14.6 Å². The fourth-order valence-electron chi connectivity index (χ4n) is 3.01. The summed E-state index contributed by atoms with van der Waals surface area (Å²) in [6.07, 6.45) is 2.96. The highest BCUT2D eigenvalue weighted by Gasteiger charge is 2.11. The molecule has 2 aromatic carbocycles. The molecule has 0 unspecified atom stereocenters. The molecule has 0 spiro atoms. The number of nitrogens with zero attached hydrogens (tertiary/aromatic N) is 2. The Morgan fingerprint density at radius 2 is 1.92 bits per heavy atom. The summed E-state index contributed by atoms with van der Waals surface area (Å²) in [5, 5.41) is 2.98. The molecule has 0 radical (unpaired) electrons. The second kappa shape index (κ2) is 8.52. The van der Waals surface area contributed by atoms with Gasteiger partial charge in [0.25, 0.3) is 5.91 Å². The lowest BCUT2D eigenvalue weighted by Crippen LogP contribution is -2.26. The van der Waals surface area contributed by atoms with Gasteiger partial charge in [0, 0.05) is 25.1 Å². The minimum atomic E-state index is -0.0797. The lowest BCUT2D eigenvalue weighted by Gasteiger charge is -2.09. The van der Waals surface area contributed by atoms with Crippen LogP contribution in [0.15, 0.2) is 48.5 Å². The maximum Gasteiger partial charge on any atom is 0.251 e. The zero-order chi connectivity index (χ0) is 18.4. The Hall–Kier alpha value is -2.82. The highest BCUT2D eigenvalue weighted by atomic mass is 16.5. The predicted molar refractivity (Wildman–Crippen MR) is 104 cm³/mol. The fourth-order valence-corrected chi connectivity index (χ4v) is 3.01. The average Bonchev–Trinajstić information content (AvgIpc) is 3.03. The molecular formula is C21H25N3O2. The second-order valence-electron chi connectivity index (χ2n) is 6.26. The van der Waals surface area contributed by atoms with Crippen molar-refractivity contribution in [1.82, 2.24) is 14.9 Å². The Morgan fingerprint density at radius 1 is 1.15 bits per heavy atom. The molecule has 3 rings (SSSR count). The van der Waals surface area contributed by atoms with Crippen LogP contribution in [-0.4, -0.2) is 29.1 Å². The first-order chi connectivity index (χ1) is 12.7. The molecule has 0 saturated carbocycles. The van der Waals surface area contributed by atoms with E-state index in [9.17, 15) is 4.79 Å². The summed E-state index contributed by atoms with van der Waals surface area (Å²) in [6.45, 7) is 3.70. The van der Waals surface area contributed by atoms with Gasteiger partial charge in [-0.1, -0.05) is 25.5 Å². The number of methoxy groups -OCH3 is 1. The molecule has 0 aliphatic rings. The maximum atomic E-state index is 12.3. The van der Waals surface area contributed by atoms with E-state index in [-0.39, 0.29) is 5.91 Å². The molecule has 0 atom stereocenters. The minimum Gasteiger partial charge on any atom is -0.497 e. The van der Waals surface area contributed by atoms with Crippen molar-refractivity contribution >= 4 is 16.9 Å². The number of hydrogen-bond donors (Lipinski definition) is 1. The largest absolute Gasteiger partial charge is 0.497 e. The predicted octanol–water partition coefficient (Wildman–Crippen LogP) is 3.82. The van der Waals surface area contributed by atoms with E-state index in [4.69, 9.17) is 9.72 Å². The third kappa shape index (κ3) is 4.04. The fraction of sp³-hybridized carbons (Fsp3) is 0.333. The maximum absolute atomic E-state index is 12.3. The second-order valence-corrected chi connectivity index (χ2v) is 6.26. The number of aryl methyl sites for hydroxylation is 1. The molecule has 3 aromatic rings. The molecule has 1 heterocycles. The number of amides is 1. The summed E-state index contributed by atoms with van der Waals surface area (Å²) >= 11 is 0. The zero-order valence-corrected chi connectivity index (χ0v) is 15.4. The molecule has 26 heavy (non-hydrogen) atoms.